The maximum Gasteiger partial charge on any atom is 0.242 e. The van der Waals surface area contributed by atoms with Crippen molar-refractivity contribution in [1.82, 2.24) is 9.80 Å². The van der Waals surface area contributed by atoms with E-state index in [4.69, 9.17) is 0 Å². The van der Waals surface area contributed by atoms with Crippen LogP contribution < -0.4 is 5.32 Å². The van der Waals surface area contributed by atoms with E-state index >= 15 is 0 Å². The number of likely N-dealkylation sites (tertiary alicyclic amines) is 1. The monoisotopic (exact) mass is 212 g/mol. The number of nitrogens with two attached hydrogens (primary N) is 1. The van der Waals surface area contributed by atoms with Crippen LogP contribution in [-0.2, 0) is 9.59 Å². The zero-order valence-corrected chi connectivity index (χ0v) is 8.95. The molecule has 0 unspecified atom stereocenters. The molecule has 0 saturated carbocycles. The van der Waals surface area contributed by atoms with Crippen molar-refractivity contribution in [3.05, 3.63) is 0 Å². The minimum Gasteiger partial charge on any atom is -0.343 e. The SMILES string of the molecule is O=C(CN1CCCC1=O)N1CC[NH2+]CC1. The van der Waals surface area contributed by atoms with Crippen LogP contribution in [0.4, 0.5) is 0 Å². The van der Waals surface area contributed by atoms with Crippen LogP contribution in [0.15, 0.2) is 0 Å². The van der Waals surface area contributed by atoms with Crippen molar-refractivity contribution in [1.29, 1.82) is 0 Å². The van der Waals surface area contributed by atoms with Gasteiger partial charge in [0.05, 0.1) is 32.7 Å². The lowest BCUT2D eigenvalue weighted by Crippen LogP contribution is -2.90. The number of hydrogen-bond donors (Lipinski definition) is 1. The summed E-state index contributed by atoms with van der Waals surface area (Å²) in [5.41, 5.74) is 0. The normalized spacial score (nSPS) is 22.3. The van der Waals surface area contributed by atoms with Gasteiger partial charge in [0.1, 0.15) is 0 Å². The van der Waals surface area contributed by atoms with Gasteiger partial charge in [-0.1, -0.05) is 0 Å². The third-order valence-electron chi connectivity index (χ3n) is 3.06. The number of amides is 2. The molecular formula is C10H18N3O2+. The molecule has 5 heteroatoms. The Labute approximate surface area is 89.4 Å². The van der Waals surface area contributed by atoms with E-state index < -0.39 is 0 Å². The third-order valence-corrected chi connectivity index (χ3v) is 3.06. The fourth-order valence-electron chi connectivity index (χ4n) is 2.13. The van der Waals surface area contributed by atoms with Crippen molar-refractivity contribution in [3.63, 3.8) is 0 Å². The molecule has 2 rings (SSSR count). The first-order valence-corrected chi connectivity index (χ1v) is 5.64. The molecule has 0 aliphatic carbocycles. The summed E-state index contributed by atoms with van der Waals surface area (Å²) >= 11 is 0. The van der Waals surface area contributed by atoms with Crippen molar-refractivity contribution >= 4 is 11.8 Å². The summed E-state index contributed by atoms with van der Waals surface area (Å²) in [6.45, 7) is 4.66. The second kappa shape index (κ2) is 4.61. The minimum atomic E-state index is 0.110. The van der Waals surface area contributed by atoms with Gasteiger partial charge in [-0.3, -0.25) is 9.59 Å². The minimum absolute atomic E-state index is 0.110. The lowest BCUT2D eigenvalue weighted by atomic mass is 10.3. The molecule has 5 nitrogen and oxygen atoms in total. The van der Waals surface area contributed by atoms with Crippen LogP contribution in [0.5, 0.6) is 0 Å². The molecule has 15 heavy (non-hydrogen) atoms. The maximum absolute atomic E-state index is 11.8. The molecule has 0 aromatic heterocycles. The summed E-state index contributed by atoms with van der Waals surface area (Å²) in [4.78, 5) is 26.7. The Bertz CT molecular complexity index is 261. The Morgan fingerprint density at radius 3 is 2.60 bits per heavy atom. The molecule has 0 aromatic rings. The molecule has 2 amide bonds. The van der Waals surface area contributed by atoms with Gasteiger partial charge in [-0.2, -0.15) is 0 Å². The maximum atomic E-state index is 11.8. The fraction of sp³-hybridized carbons (Fsp3) is 0.800. The molecule has 2 aliphatic rings. The van der Waals surface area contributed by atoms with Gasteiger partial charge < -0.3 is 15.1 Å². The van der Waals surface area contributed by atoms with Crippen LogP contribution in [-0.4, -0.2) is 60.9 Å². The summed E-state index contributed by atoms with van der Waals surface area (Å²) in [6.07, 6.45) is 1.51. The smallest absolute Gasteiger partial charge is 0.242 e. The van der Waals surface area contributed by atoms with E-state index in [1.54, 1.807) is 4.90 Å². The summed E-state index contributed by atoms with van der Waals surface area (Å²) in [6, 6.07) is 0. The quantitative estimate of drug-likeness (QED) is 0.576. The summed E-state index contributed by atoms with van der Waals surface area (Å²) in [7, 11) is 0. The van der Waals surface area contributed by atoms with Crippen LogP contribution in [0, 0.1) is 0 Å². The van der Waals surface area contributed by atoms with Gasteiger partial charge in [-0.05, 0) is 6.42 Å². The predicted octanol–water partition coefficient (Wildman–Crippen LogP) is -1.99. The summed E-state index contributed by atoms with van der Waals surface area (Å²) < 4.78 is 0. The predicted molar refractivity (Wildman–Crippen MR) is 54.1 cm³/mol. The zero-order valence-electron chi connectivity index (χ0n) is 8.95. The number of nitrogens with zero attached hydrogens (tertiary/aromatic N) is 2. The van der Waals surface area contributed by atoms with Crippen LogP contribution in [0.2, 0.25) is 0 Å². The van der Waals surface area contributed by atoms with Crippen LogP contribution in [0.25, 0.3) is 0 Å². The molecular weight excluding hydrogens is 194 g/mol. The van der Waals surface area contributed by atoms with Crippen LogP contribution in [0.3, 0.4) is 0 Å². The highest BCUT2D eigenvalue weighted by atomic mass is 16.2. The zero-order chi connectivity index (χ0) is 10.7. The fourth-order valence-corrected chi connectivity index (χ4v) is 2.13. The summed E-state index contributed by atoms with van der Waals surface area (Å²) in [5, 5.41) is 2.21. The molecule has 2 heterocycles. The van der Waals surface area contributed by atoms with Gasteiger partial charge in [-0.25, -0.2) is 0 Å². The lowest BCUT2D eigenvalue weighted by molar-refractivity contribution is -0.662. The second-order valence-electron chi connectivity index (χ2n) is 4.17. The van der Waals surface area contributed by atoms with Gasteiger partial charge in [0.15, 0.2) is 0 Å². The van der Waals surface area contributed by atoms with Crippen molar-refractivity contribution in [2.45, 2.75) is 12.8 Å². The molecule has 2 aliphatic heterocycles. The van der Waals surface area contributed by atoms with E-state index in [0.717, 1.165) is 39.1 Å². The van der Waals surface area contributed by atoms with Crippen molar-refractivity contribution in [3.8, 4) is 0 Å². The van der Waals surface area contributed by atoms with Gasteiger partial charge in [0.25, 0.3) is 0 Å². The lowest BCUT2D eigenvalue weighted by Gasteiger charge is -2.27. The highest BCUT2D eigenvalue weighted by Crippen LogP contribution is 2.09. The second-order valence-corrected chi connectivity index (χ2v) is 4.17. The number of piperazine rings is 1. The Morgan fingerprint density at radius 2 is 2.00 bits per heavy atom. The third kappa shape index (κ3) is 2.47. The molecule has 2 N–H and O–H groups in total. The first-order valence-electron chi connectivity index (χ1n) is 5.64. The largest absolute Gasteiger partial charge is 0.343 e. The van der Waals surface area contributed by atoms with Crippen LogP contribution >= 0.6 is 0 Å². The molecule has 0 radical (unpaired) electrons. The standard InChI is InChI=1S/C10H17N3O2/c14-9-2-1-5-13(9)8-10(15)12-6-3-11-4-7-12/h11H,1-8H2/p+1. The number of hydrogen-bond acceptors (Lipinski definition) is 2. The number of rotatable bonds is 2. The average molecular weight is 212 g/mol. The molecule has 0 bridgehead atoms. The molecule has 2 saturated heterocycles. The van der Waals surface area contributed by atoms with Gasteiger partial charge in [0.2, 0.25) is 11.8 Å². The number of carbonyl (C=O) groups is 2. The Balaban J connectivity index is 1.82. The molecule has 2 fully saturated rings. The first-order chi connectivity index (χ1) is 7.27. The molecule has 84 valence electrons. The average Bonchev–Trinajstić information content (AvgIpc) is 2.66. The van der Waals surface area contributed by atoms with Crippen molar-refractivity contribution in [2.24, 2.45) is 0 Å². The number of carbonyl (C=O) groups excluding carboxylic acids is 2. The highest BCUT2D eigenvalue weighted by molar-refractivity contribution is 5.85. The number of quaternary nitrogens is 1. The van der Waals surface area contributed by atoms with E-state index in [9.17, 15) is 9.59 Å². The van der Waals surface area contributed by atoms with E-state index in [-0.39, 0.29) is 11.8 Å². The highest BCUT2D eigenvalue weighted by Gasteiger charge is 2.25. The summed E-state index contributed by atoms with van der Waals surface area (Å²) in [5.74, 6) is 0.241. The van der Waals surface area contributed by atoms with Crippen molar-refractivity contribution < 1.29 is 14.9 Å². The Kier molecular flexibility index (Phi) is 3.20. The molecule has 0 aromatic carbocycles. The van der Waals surface area contributed by atoms with Crippen molar-refractivity contribution in [2.75, 3.05) is 39.3 Å². The first kappa shape index (κ1) is 10.4. The van der Waals surface area contributed by atoms with E-state index in [2.05, 4.69) is 5.32 Å². The Hall–Kier alpha value is -1.10. The van der Waals surface area contributed by atoms with Gasteiger partial charge in [-0.15, -0.1) is 0 Å². The molecule has 0 atom stereocenters. The van der Waals surface area contributed by atoms with Gasteiger partial charge >= 0.3 is 0 Å². The topological polar surface area (TPSA) is 57.2 Å². The van der Waals surface area contributed by atoms with E-state index in [1.165, 1.54) is 0 Å². The Morgan fingerprint density at radius 1 is 1.27 bits per heavy atom. The van der Waals surface area contributed by atoms with E-state index in [1.807, 2.05) is 4.90 Å². The molecule has 0 spiro atoms. The van der Waals surface area contributed by atoms with Gasteiger partial charge in [0, 0.05) is 13.0 Å². The van der Waals surface area contributed by atoms with E-state index in [0.29, 0.717) is 13.0 Å². The van der Waals surface area contributed by atoms with Crippen LogP contribution in [0.1, 0.15) is 12.8 Å².